The molecule has 0 fully saturated rings. The number of sulfonamides is 1. The van der Waals surface area contributed by atoms with Crippen LogP contribution >= 0.6 is 0 Å². The van der Waals surface area contributed by atoms with Crippen molar-refractivity contribution in [3.05, 3.63) is 143 Å². The van der Waals surface area contributed by atoms with Gasteiger partial charge in [0.05, 0.1) is 50.6 Å². The van der Waals surface area contributed by atoms with Crippen LogP contribution in [0.4, 0.5) is 5.95 Å². The Hall–Kier alpha value is -5.67. The maximum absolute atomic E-state index is 14.5. The van der Waals surface area contributed by atoms with Gasteiger partial charge < -0.3 is 23.8 Å². The molecule has 0 saturated heterocycles. The van der Waals surface area contributed by atoms with Gasteiger partial charge in [0.1, 0.15) is 29.4 Å². The van der Waals surface area contributed by atoms with E-state index < -0.39 is 28.3 Å². The van der Waals surface area contributed by atoms with Gasteiger partial charge in [0.2, 0.25) is 16.0 Å². The molecule has 1 aliphatic heterocycles. The molecule has 290 valence electrons. The van der Waals surface area contributed by atoms with Gasteiger partial charge in [-0.05, 0) is 54.4 Å². The van der Waals surface area contributed by atoms with Gasteiger partial charge in [-0.2, -0.15) is 4.31 Å². The number of aromatic nitrogens is 5. The van der Waals surface area contributed by atoms with Crippen LogP contribution in [0.25, 0.3) is 11.3 Å². The highest BCUT2D eigenvalue weighted by Gasteiger charge is 2.44. The fourth-order valence-corrected chi connectivity index (χ4v) is 8.08. The van der Waals surface area contributed by atoms with Gasteiger partial charge in [-0.3, -0.25) is 0 Å². The number of fused-ring (bicyclic) bond motifs is 1. The molecule has 6 aromatic rings. The van der Waals surface area contributed by atoms with Crippen molar-refractivity contribution in [2.24, 2.45) is 0 Å². The number of nitrogens with zero attached hydrogens (tertiary/aromatic N) is 7. The minimum Gasteiger partial charge on any atom is -0.497 e. The van der Waals surface area contributed by atoms with Gasteiger partial charge in [0.15, 0.2) is 0 Å². The summed E-state index contributed by atoms with van der Waals surface area (Å²) in [5.41, 5.74) is 5.42. The standard InChI is InChI=1S/C42H45N7O6S/c1-29-11-21-36(22-12-29)56(50,51)48-25-37-39(32-9-7-6-8-10-32)45-46-49(37)38(26-48)41(55-28-31-15-19-35(53-5)20-16-31)40(33-23-43-42(44-24-33)47(2)3)54-27-30-13-17-34(52-4)18-14-30/h6-24,38,40-41H,25-28H2,1-5H3/t38-,40+,41+/m0/s1. The smallest absolute Gasteiger partial charge is 0.243 e. The van der Waals surface area contributed by atoms with E-state index in [1.165, 1.54) is 4.31 Å². The molecule has 4 aromatic carbocycles. The van der Waals surface area contributed by atoms with E-state index in [1.54, 1.807) is 55.6 Å². The lowest BCUT2D eigenvalue weighted by atomic mass is 9.97. The first kappa shape index (κ1) is 38.6. The minimum atomic E-state index is -3.99. The molecular formula is C42H45N7O6S. The number of anilines is 1. The Kier molecular flexibility index (Phi) is 11.7. The lowest BCUT2D eigenvalue weighted by Gasteiger charge is -2.39. The Morgan fingerprint density at radius 2 is 1.38 bits per heavy atom. The second kappa shape index (κ2) is 17.0. The molecule has 0 aliphatic carbocycles. The minimum absolute atomic E-state index is 0.0209. The van der Waals surface area contributed by atoms with E-state index >= 15 is 0 Å². The zero-order valence-corrected chi connectivity index (χ0v) is 32.8. The van der Waals surface area contributed by atoms with Crippen molar-refractivity contribution in [2.45, 2.75) is 49.8 Å². The van der Waals surface area contributed by atoms with Crippen molar-refractivity contribution >= 4 is 16.0 Å². The molecule has 0 saturated carbocycles. The van der Waals surface area contributed by atoms with E-state index in [-0.39, 0.29) is 31.2 Å². The Balaban J connectivity index is 1.36. The maximum atomic E-state index is 14.5. The normalized spacial score (nSPS) is 15.5. The summed E-state index contributed by atoms with van der Waals surface area (Å²) in [5.74, 6) is 1.97. The number of aryl methyl sites for hydroxylation is 1. The van der Waals surface area contributed by atoms with E-state index in [9.17, 15) is 8.42 Å². The number of ether oxygens (including phenoxy) is 4. The van der Waals surface area contributed by atoms with Crippen LogP contribution < -0.4 is 14.4 Å². The first-order valence-electron chi connectivity index (χ1n) is 18.2. The molecule has 0 unspecified atom stereocenters. The number of methoxy groups -OCH3 is 2. The molecule has 0 bridgehead atoms. The monoisotopic (exact) mass is 775 g/mol. The average molecular weight is 776 g/mol. The summed E-state index contributed by atoms with van der Waals surface area (Å²) < 4.78 is 57.0. The van der Waals surface area contributed by atoms with E-state index in [0.29, 0.717) is 28.6 Å². The van der Waals surface area contributed by atoms with Crippen LogP contribution in [0, 0.1) is 6.92 Å². The van der Waals surface area contributed by atoms with E-state index in [1.807, 2.05) is 105 Å². The number of benzene rings is 4. The maximum Gasteiger partial charge on any atom is 0.243 e. The van der Waals surface area contributed by atoms with Gasteiger partial charge in [0, 0.05) is 44.2 Å². The summed E-state index contributed by atoms with van der Waals surface area (Å²) in [6.45, 7) is 2.37. The molecule has 3 atom stereocenters. The van der Waals surface area contributed by atoms with Gasteiger partial charge in [-0.25, -0.2) is 23.1 Å². The molecule has 2 aromatic heterocycles. The quantitative estimate of drug-likeness (QED) is 0.115. The third-order valence-electron chi connectivity index (χ3n) is 9.78. The second-order valence-corrected chi connectivity index (χ2v) is 15.7. The number of hydrogen-bond acceptors (Lipinski definition) is 11. The SMILES string of the molecule is COc1ccc(CO[C@@H]([C@H](OCc2ccc(OC)cc2)c2cnc(N(C)C)nc2)[C@@H]2CN(S(=O)(=O)c3ccc(C)cc3)Cc3c(-c4ccccc4)nnn32)cc1. The Labute approximate surface area is 327 Å². The predicted octanol–water partition coefficient (Wildman–Crippen LogP) is 6.42. The molecule has 1 aliphatic rings. The molecular weight excluding hydrogens is 731 g/mol. The summed E-state index contributed by atoms with van der Waals surface area (Å²) in [6.07, 6.45) is 1.83. The first-order chi connectivity index (χ1) is 27.1. The van der Waals surface area contributed by atoms with Crippen LogP contribution in [-0.2, 0) is 39.3 Å². The fourth-order valence-electron chi connectivity index (χ4n) is 6.66. The highest BCUT2D eigenvalue weighted by Crippen LogP contribution is 2.39. The Morgan fingerprint density at radius 3 is 1.95 bits per heavy atom. The van der Waals surface area contributed by atoms with Crippen LogP contribution in [0.3, 0.4) is 0 Å². The van der Waals surface area contributed by atoms with Gasteiger partial charge >= 0.3 is 0 Å². The third-order valence-corrected chi connectivity index (χ3v) is 11.6. The lowest BCUT2D eigenvalue weighted by molar-refractivity contribution is -0.116. The summed E-state index contributed by atoms with van der Waals surface area (Å²) >= 11 is 0. The highest BCUT2D eigenvalue weighted by molar-refractivity contribution is 7.89. The van der Waals surface area contributed by atoms with Crippen molar-refractivity contribution in [1.29, 1.82) is 0 Å². The first-order valence-corrected chi connectivity index (χ1v) is 19.6. The zero-order chi connectivity index (χ0) is 39.2. The van der Waals surface area contributed by atoms with Crippen molar-refractivity contribution in [3.8, 4) is 22.8 Å². The largest absolute Gasteiger partial charge is 0.497 e. The average Bonchev–Trinajstić information content (AvgIpc) is 3.67. The van der Waals surface area contributed by atoms with E-state index in [2.05, 4.69) is 15.1 Å². The fraction of sp³-hybridized carbons (Fsp3) is 0.286. The predicted molar refractivity (Wildman–Crippen MR) is 212 cm³/mol. The molecule has 3 heterocycles. The molecule has 13 nitrogen and oxygen atoms in total. The van der Waals surface area contributed by atoms with Crippen molar-refractivity contribution in [3.63, 3.8) is 0 Å². The number of rotatable bonds is 15. The second-order valence-electron chi connectivity index (χ2n) is 13.8. The highest BCUT2D eigenvalue weighted by atomic mass is 32.2. The molecule has 14 heteroatoms. The van der Waals surface area contributed by atoms with Gasteiger partial charge in [0.25, 0.3) is 0 Å². The van der Waals surface area contributed by atoms with Crippen LogP contribution in [-0.4, -0.2) is 78.6 Å². The lowest BCUT2D eigenvalue weighted by Crippen LogP contribution is -2.47. The van der Waals surface area contributed by atoms with E-state index in [4.69, 9.17) is 24.2 Å². The molecule has 0 amide bonds. The van der Waals surface area contributed by atoms with Crippen LogP contribution in [0.2, 0.25) is 0 Å². The molecule has 0 N–H and O–H groups in total. The molecule has 0 radical (unpaired) electrons. The zero-order valence-electron chi connectivity index (χ0n) is 32.0. The summed E-state index contributed by atoms with van der Waals surface area (Å²) in [4.78, 5) is 11.3. The Morgan fingerprint density at radius 1 is 0.786 bits per heavy atom. The number of hydrogen-bond donors (Lipinski definition) is 0. The third kappa shape index (κ3) is 8.43. The summed E-state index contributed by atoms with van der Waals surface area (Å²) in [5, 5.41) is 9.36. The van der Waals surface area contributed by atoms with Gasteiger partial charge in [-0.15, -0.1) is 5.10 Å². The van der Waals surface area contributed by atoms with Crippen LogP contribution in [0.5, 0.6) is 11.5 Å². The summed E-state index contributed by atoms with van der Waals surface area (Å²) in [6, 6.07) is 31.1. The van der Waals surface area contributed by atoms with E-state index in [0.717, 1.165) is 28.0 Å². The van der Waals surface area contributed by atoms with Crippen LogP contribution in [0.15, 0.2) is 120 Å². The Bertz CT molecular complexity index is 2300. The molecule has 0 spiro atoms. The van der Waals surface area contributed by atoms with Crippen molar-refractivity contribution < 1.29 is 27.4 Å². The van der Waals surface area contributed by atoms with Gasteiger partial charge in [-0.1, -0.05) is 77.5 Å². The topological polar surface area (TPSA) is 134 Å². The van der Waals surface area contributed by atoms with Crippen molar-refractivity contribution in [2.75, 3.05) is 39.8 Å². The molecule has 7 rings (SSSR count). The van der Waals surface area contributed by atoms with Crippen LogP contribution in [0.1, 0.15) is 40.1 Å². The molecule has 56 heavy (non-hydrogen) atoms. The van der Waals surface area contributed by atoms with Crippen molar-refractivity contribution in [1.82, 2.24) is 29.3 Å². The summed E-state index contributed by atoms with van der Waals surface area (Å²) in [7, 11) is 2.99.